The highest BCUT2D eigenvalue weighted by Gasteiger charge is 2.23. The molecule has 1 aromatic heterocycles. The van der Waals surface area contributed by atoms with E-state index in [4.69, 9.17) is 23.1 Å². The zero-order chi connectivity index (χ0) is 19.8. The molecule has 0 aliphatic heterocycles. The predicted molar refractivity (Wildman–Crippen MR) is 116 cm³/mol. The Morgan fingerprint density at radius 1 is 1.15 bits per heavy atom. The Balaban J connectivity index is 2.06. The molecule has 7 heteroatoms. The van der Waals surface area contributed by atoms with Gasteiger partial charge in [0.25, 0.3) is 5.91 Å². The zero-order valence-electron chi connectivity index (χ0n) is 15.8. The van der Waals surface area contributed by atoms with Crippen molar-refractivity contribution in [1.82, 2.24) is 9.78 Å². The van der Waals surface area contributed by atoms with Crippen LogP contribution in [-0.4, -0.2) is 15.7 Å². The third-order valence-electron chi connectivity index (χ3n) is 4.65. The van der Waals surface area contributed by atoms with Crippen LogP contribution < -0.4 is 11.5 Å². The molecule has 1 amide bonds. The van der Waals surface area contributed by atoms with E-state index in [1.54, 1.807) is 10.7 Å². The van der Waals surface area contributed by atoms with Crippen LogP contribution in [0.15, 0.2) is 22.7 Å². The molecule has 0 atom stereocenters. The van der Waals surface area contributed by atoms with Crippen molar-refractivity contribution in [1.29, 1.82) is 0 Å². The fourth-order valence-corrected chi connectivity index (χ4v) is 3.72. The Kier molecular flexibility index (Phi) is 8.64. The number of nitrogens with zero attached hydrogens (tertiary/aromatic N) is 2. The van der Waals surface area contributed by atoms with Crippen LogP contribution in [0.4, 0.5) is 5.82 Å². The van der Waals surface area contributed by atoms with E-state index in [1.165, 1.54) is 38.5 Å². The number of benzene rings is 1. The van der Waals surface area contributed by atoms with Gasteiger partial charge in [0.2, 0.25) is 0 Å². The lowest BCUT2D eigenvalue weighted by molar-refractivity contribution is 0.100. The summed E-state index contributed by atoms with van der Waals surface area (Å²) in [6, 6.07) is 5.40. The van der Waals surface area contributed by atoms with Crippen LogP contribution in [0.25, 0.3) is 11.3 Å². The highest BCUT2D eigenvalue weighted by molar-refractivity contribution is 9.10. The molecular weight excluding hydrogens is 428 g/mol. The minimum Gasteiger partial charge on any atom is -0.383 e. The summed E-state index contributed by atoms with van der Waals surface area (Å²) in [7, 11) is 0. The fraction of sp³-hybridized carbons (Fsp3) is 0.500. The van der Waals surface area contributed by atoms with E-state index in [0.29, 0.717) is 28.6 Å². The second-order valence-corrected chi connectivity index (χ2v) is 8.12. The van der Waals surface area contributed by atoms with Crippen molar-refractivity contribution in [3.8, 4) is 11.3 Å². The van der Waals surface area contributed by atoms with Crippen LogP contribution in [0, 0.1) is 0 Å². The number of amides is 1. The summed E-state index contributed by atoms with van der Waals surface area (Å²) in [5, 5.41) is 5.04. The molecular formula is C20H28BrClN4O. The quantitative estimate of drug-likeness (QED) is 0.420. The number of primary amides is 1. The Labute approximate surface area is 174 Å². The van der Waals surface area contributed by atoms with Crippen LogP contribution in [0.1, 0.15) is 68.6 Å². The highest BCUT2D eigenvalue weighted by Crippen LogP contribution is 2.34. The van der Waals surface area contributed by atoms with E-state index in [9.17, 15) is 4.79 Å². The lowest BCUT2D eigenvalue weighted by Crippen LogP contribution is -2.14. The van der Waals surface area contributed by atoms with Crippen molar-refractivity contribution in [2.24, 2.45) is 5.73 Å². The van der Waals surface area contributed by atoms with Gasteiger partial charge in [0.15, 0.2) is 0 Å². The van der Waals surface area contributed by atoms with Gasteiger partial charge in [-0.1, -0.05) is 79.4 Å². The van der Waals surface area contributed by atoms with Crippen LogP contribution in [0.5, 0.6) is 0 Å². The van der Waals surface area contributed by atoms with Crippen molar-refractivity contribution < 1.29 is 4.79 Å². The van der Waals surface area contributed by atoms with Crippen LogP contribution >= 0.6 is 27.5 Å². The van der Waals surface area contributed by atoms with Crippen molar-refractivity contribution in [2.45, 2.75) is 64.8 Å². The monoisotopic (exact) mass is 454 g/mol. The zero-order valence-corrected chi connectivity index (χ0v) is 18.2. The number of aromatic nitrogens is 2. The van der Waals surface area contributed by atoms with Crippen LogP contribution in [0.2, 0.25) is 5.02 Å². The molecule has 1 aromatic carbocycles. The molecule has 0 radical (unpaired) electrons. The molecule has 4 N–H and O–H groups in total. The second kappa shape index (κ2) is 10.7. The van der Waals surface area contributed by atoms with Crippen LogP contribution in [0.3, 0.4) is 0 Å². The van der Waals surface area contributed by atoms with Gasteiger partial charge in [-0.05, 0) is 24.6 Å². The molecule has 0 fully saturated rings. The molecule has 0 bridgehead atoms. The van der Waals surface area contributed by atoms with Gasteiger partial charge in [-0.3, -0.25) is 4.79 Å². The van der Waals surface area contributed by atoms with Crippen molar-refractivity contribution in [2.75, 3.05) is 5.73 Å². The predicted octanol–water partition coefficient (Wildman–Crippen LogP) is 5.79. The largest absolute Gasteiger partial charge is 0.383 e. The lowest BCUT2D eigenvalue weighted by atomic mass is 10.1. The minimum absolute atomic E-state index is 0.231. The van der Waals surface area contributed by atoms with Crippen molar-refractivity contribution in [3.05, 3.63) is 33.3 Å². The Hall–Kier alpha value is -1.53. The van der Waals surface area contributed by atoms with Gasteiger partial charge in [-0.25, -0.2) is 4.68 Å². The maximum absolute atomic E-state index is 12.0. The fourth-order valence-electron chi connectivity index (χ4n) is 3.15. The molecule has 148 valence electrons. The van der Waals surface area contributed by atoms with Gasteiger partial charge in [0.1, 0.15) is 17.1 Å². The molecule has 0 aliphatic rings. The Morgan fingerprint density at radius 2 is 1.78 bits per heavy atom. The van der Waals surface area contributed by atoms with E-state index in [1.807, 2.05) is 12.1 Å². The van der Waals surface area contributed by atoms with E-state index >= 15 is 0 Å². The number of carbonyl (C=O) groups is 1. The van der Waals surface area contributed by atoms with Gasteiger partial charge in [0.05, 0.1) is 5.02 Å². The van der Waals surface area contributed by atoms with Gasteiger partial charge < -0.3 is 11.5 Å². The van der Waals surface area contributed by atoms with E-state index < -0.39 is 5.91 Å². The summed E-state index contributed by atoms with van der Waals surface area (Å²) in [6.07, 6.45) is 9.76. The average molecular weight is 456 g/mol. The third-order valence-corrected chi connectivity index (χ3v) is 5.47. The number of anilines is 1. The first kappa shape index (κ1) is 21.8. The second-order valence-electron chi connectivity index (χ2n) is 6.80. The van der Waals surface area contributed by atoms with Gasteiger partial charge in [-0.15, -0.1) is 0 Å². The topological polar surface area (TPSA) is 86.9 Å². The maximum atomic E-state index is 12.0. The average Bonchev–Trinajstić information content (AvgIpc) is 2.96. The number of aryl methyl sites for hydroxylation is 1. The first-order valence-electron chi connectivity index (χ1n) is 9.57. The van der Waals surface area contributed by atoms with E-state index in [-0.39, 0.29) is 5.56 Å². The molecule has 0 unspecified atom stereocenters. The molecule has 5 nitrogen and oxygen atoms in total. The summed E-state index contributed by atoms with van der Waals surface area (Å²) in [6.45, 7) is 2.89. The van der Waals surface area contributed by atoms with E-state index in [0.717, 1.165) is 17.3 Å². The molecule has 0 saturated carbocycles. The standard InChI is InChI=1S/C20H28BrClN4O/c1-2-3-4-5-6-7-8-9-12-26-19(23)17(20(24)27)18(25-26)15-13-14(21)10-11-16(15)22/h10-11,13H,2-9,12,23H2,1H3,(H2,24,27). The number of nitrogens with two attached hydrogens (primary N) is 2. The third kappa shape index (κ3) is 5.98. The molecule has 27 heavy (non-hydrogen) atoms. The highest BCUT2D eigenvalue weighted by atomic mass is 79.9. The van der Waals surface area contributed by atoms with Crippen LogP contribution in [-0.2, 0) is 6.54 Å². The number of unbranched alkanes of at least 4 members (excludes halogenated alkanes) is 7. The molecule has 0 aliphatic carbocycles. The summed E-state index contributed by atoms with van der Waals surface area (Å²) in [5.41, 5.74) is 13.0. The first-order valence-corrected chi connectivity index (χ1v) is 10.7. The number of rotatable bonds is 11. The SMILES string of the molecule is CCCCCCCCCCn1nc(-c2cc(Br)ccc2Cl)c(C(N)=O)c1N. The first-order chi connectivity index (χ1) is 13.0. The summed E-state index contributed by atoms with van der Waals surface area (Å²) in [4.78, 5) is 12.0. The van der Waals surface area contributed by atoms with Gasteiger partial charge in [0, 0.05) is 16.6 Å². The lowest BCUT2D eigenvalue weighted by Gasteiger charge is -2.05. The molecule has 2 rings (SSSR count). The molecule has 1 heterocycles. The molecule has 2 aromatic rings. The van der Waals surface area contributed by atoms with Crippen molar-refractivity contribution in [3.63, 3.8) is 0 Å². The molecule has 0 spiro atoms. The summed E-state index contributed by atoms with van der Waals surface area (Å²) < 4.78 is 2.51. The summed E-state index contributed by atoms with van der Waals surface area (Å²) in [5.74, 6) is -0.294. The number of hydrogen-bond acceptors (Lipinski definition) is 3. The Morgan fingerprint density at radius 3 is 2.41 bits per heavy atom. The Bertz CT molecular complexity index is 776. The number of nitrogen functional groups attached to an aromatic ring is 1. The van der Waals surface area contributed by atoms with Gasteiger partial charge in [-0.2, -0.15) is 5.10 Å². The van der Waals surface area contributed by atoms with Gasteiger partial charge >= 0.3 is 0 Å². The smallest absolute Gasteiger partial charge is 0.254 e. The molecule has 0 saturated heterocycles. The van der Waals surface area contributed by atoms with E-state index in [2.05, 4.69) is 28.0 Å². The number of halogens is 2. The summed E-state index contributed by atoms with van der Waals surface area (Å²) >= 11 is 9.73. The number of carbonyl (C=O) groups excluding carboxylic acids is 1. The normalized spacial score (nSPS) is 11.1. The number of hydrogen-bond donors (Lipinski definition) is 2. The maximum Gasteiger partial charge on any atom is 0.254 e. The van der Waals surface area contributed by atoms with Crippen molar-refractivity contribution >= 4 is 39.3 Å². The minimum atomic E-state index is -0.597.